The smallest absolute Gasteiger partial charge is 0.318 e. The van der Waals surface area contributed by atoms with Crippen LogP contribution in [0, 0.1) is 0 Å². The standard InChI is InChI=1S/C12H25N5O2/c1-10(11(18)15-12(14)19)17-8-6-16(7-9-17)5-3-2-4-13/h10H,2-9,13H2,1H3,(H3,14,15,18,19). The average Bonchev–Trinajstić information content (AvgIpc) is 2.38. The van der Waals surface area contributed by atoms with Gasteiger partial charge in [-0.15, -0.1) is 0 Å². The van der Waals surface area contributed by atoms with Crippen LogP contribution < -0.4 is 16.8 Å². The van der Waals surface area contributed by atoms with Crippen molar-refractivity contribution < 1.29 is 9.59 Å². The van der Waals surface area contributed by atoms with Gasteiger partial charge < -0.3 is 16.4 Å². The fraction of sp³-hybridized carbons (Fsp3) is 0.833. The number of nitrogens with two attached hydrogens (primary N) is 2. The predicted molar refractivity (Wildman–Crippen MR) is 73.5 cm³/mol. The van der Waals surface area contributed by atoms with Gasteiger partial charge in [0.15, 0.2) is 0 Å². The van der Waals surface area contributed by atoms with Crippen LogP contribution in [0.25, 0.3) is 0 Å². The fourth-order valence-electron chi connectivity index (χ4n) is 2.25. The molecule has 0 aromatic heterocycles. The monoisotopic (exact) mass is 271 g/mol. The Hall–Kier alpha value is -1.18. The summed E-state index contributed by atoms with van der Waals surface area (Å²) in [5, 5.41) is 2.12. The molecular formula is C12H25N5O2. The molecule has 0 aromatic carbocycles. The first-order valence-corrected chi connectivity index (χ1v) is 6.81. The van der Waals surface area contributed by atoms with Crippen molar-refractivity contribution in [1.29, 1.82) is 0 Å². The van der Waals surface area contributed by atoms with Crippen molar-refractivity contribution >= 4 is 11.9 Å². The van der Waals surface area contributed by atoms with Crippen LogP contribution in [-0.4, -0.2) is 67.0 Å². The number of nitrogens with zero attached hydrogens (tertiary/aromatic N) is 2. The quantitative estimate of drug-likeness (QED) is 0.533. The van der Waals surface area contributed by atoms with E-state index in [1.54, 1.807) is 6.92 Å². The van der Waals surface area contributed by atoms with Gasteiger partial charge in [0.2, 0.25) is 5.91 Å². The number of amides is 3. The third-order valence-corrected chi connectivity index (χ3v) is 3.51. The minimum absolute atomic E-state index is 0.321. The van der Waals surface area contributed by atoms with Gasteiger partial charge in [0.05, 0.1) is 6.04 Å². The van der Waals surface area contributed by atoms with E-state index in [4.69, 9.17) is 11.5 Å². The maximum Gasteiger partial charge on any atom is 0.318 e. The van der Waals surface area contributed by atoms with Gasteiger partial charge in [-0.3, -0.25) is 15.0 Å². The number of nitrogens with one attached hydrogen (secondary N) is 1. The third-order valence-electron chi connectivity index (χ3n) is 3.51. The number of carbonyl (C=O) groups is 2. The Bertz CT molecular complexity index is 302. The zero-order valence-corrected chi connectivity index (χ0v) is 11.6. The lowest BCUT2D eigenvalue weighted by atomic mass is 10.2. The summed E-state index contributed by atoms with van der Waals surface area (Å²) in [4.78, 5) is 26.8. The van der Waals surface area contributed by atoms with Crippen molar-refractivity contribution in [2.75, 3.05) is 39.3 Å². The molecule has 1 saturated heterocycles. The number of imide groups is 1. The largest absolute Gasteiger partial charge is 0.351 e. The van der Waals surface area contributed by atoms with Gasteiger partial charge in [0.1, 0.15) is 0 Å². The molecule has 0 saturated carbocycles. The highest BCUT2D eigenvalue weighted by atomic mass is 16.2. The Balaban J connectivity index is 2.28. The number of urea groups is 1. The van der Waals surface area contributed by atoms with Gasteiger partial charge in [-0.1, -0.05) is 0 Å². The van der Waals surface area contributed by atoms with Crippen LogP contribution in [0.5, 0.6) is 0 Å². The second-order valence-electron chi connectivity index (χ2n) is 4.90. The topological polar surface area (TPSA) is 105 Å². The number of hydrogen-bond donors (Lipinski definition) is 3. The van der Waals surface area contributed by atoms with Crippen molar-refractivity contribution in [2.45, 2.75) is 25.8 Å². The van der Waals surface area contributed by atoms with E-state index < -0.39 is 6.03 Å². The highest BCUT2D eigenvalue weighted by Crippen LogP contribution is 2.07. The molecule has 7 nitrogen and oxygen atoms in total. The summed E-state index contributed by atoms with van der Waals surface area (Å²) in [7, 11) is 0. The molecule has 1 atom stereocenters. The van der Waals surface area contributed by atoms with Crippen molar-refractivity contribution in [1.82, 2.24) is 15.1 Å². The molecule has 1 aliphatic heterocycles. The summed E-state index contributed by atoms with van der Waals surface area (Å²) in [5.41, 5.74) is 10.4. The first-order chi connectivity index (χ1) is 9.04. The van der Waals surface area contributed by atoms with Gasteiger partial charge >= 0.3 is 6.03 Å². The number of unbranched alkanes of at least 4 members (excludes halogenated alkanes) is 1. The van der Waals surface area contributed by atoms with Gasteiger partial charge in [0, 0.05) is 26.2 Å². The van der Waals surface area contributed by atoms with Crippen molar-refractivity contribution in [3.63, 3.8) is 0 Å². The van der Waals surface area contributed by atoms with Crippen molar-refractivity contribution in [3.8, 4) is 0 Å². The van der Waals surface area contributed by atoms with Crippen LogP contribution in [-0.2, 0) is 4.79 Å². The Kier molecular flexibility index (Phi) is 6.75. The molecule has 1 heterocycles. The lowest BCUT2D eigenvalue weighted by Crippen LogP contribution is -2.55. The van der Waals surface area contributed by atoms with Crippen molar-refractivity contribution in [2.24, 2.45) is 11.5 Å². The zero-order chi connectivity index (χ0) is 14.3. The average molecular weight is 271 g/mol. The minimum atomic E-state index is -0.794. The molecule has 1 aliphatic rings. The molecule has 1 unspecified atom stereocenters. The maximum atomic E-state index is 11.7. The lowest BCUT2D eigenvalue weighted by Gasteiger charge is -2.37. The van der Waals surface area contributed by atoms with Crippen LogP contribution in [0.15, 0.2) is 0 Å². The maximum absolute atomic E-state index is 11.7. The zero-order valence-electron chi connectivity index (χ0n) is 11.6. The van der Waals surface area contributed by atoms with E-state index in [1.807, 2.05) is 0 Å². The Morgan fingerprint density at radius 2 is 1.84 bits per heavy atom. The van der Waals surface area contributed by atoms with Crippen molar-refractivity contribution in [3.05, 3.63) is 0 Å². The summed E-state index contributed by atoms with van der Waals surface area (Å²) in [6, 6.07) is -1.11. The van der Waals surface area contributed by atoms with E-state index >= 15 is 0 Å². The first kappa shape index (κ1) is 15.9. The highest BCUT2D eigenvalue weighted by Gasteiger charge is 2.25. The van der Waals surface area contributed by atoms with Gasteiger partial charge in [-0.2, -0.15) is 0 Å². The number of carbonyl (C=O) groups excluding carboxylic acids is 2. The summed E-state index contributed by atoms with van der Waals surface area (Å²) in [5.74, 6) is -0.330. The number of piperazine rings is 1. The molecule has 19 heavy (non-hydrogen) atoms. The van der Waals surface area contributed by atoms with E-state index in [-0.39, 0.29) is 11.9 Å². The second-order valence-corrected chi connectivity index (χ2v) is 4.90. The van der Waals surface area contributed by atoms with Gasteiger partial charge in [-0.25, -0.2) is 4.79 Å². The Labute approximate surface area is 114 Å². The fourth-order valence-corrected chi connectivity index (χ4v) is 2.25. The number of primary amides is 1. The first-order valence-electron chi connectivity index (χ1n) is 6.81. The molecule has 0 radical (unpaired) electrons. The summed E-state index contributed by atoms with van der Waals surface area (Å²) >= 11 is 0. The molecule has 0 aliphatic carbocycles. The SMILES string of the molecule is CC(C(=O)NC(N)=O)N1CCN(CCCCN)CC1. The highest BCUT2D eigenvalue weighted by molar-refractivity contribution is 5.96. The van der Waals surface area contributed by atoms with Crippen LogP contribution in [0.1, 0.15) is 19.8 Å². The van der Waals surface area contributed by atoms with E-state index in [0.717, 1.165) is 52.1 Å². The molecule has 5 N–H and O–H groups in total. The Morgan fingerprint density at radius 3 is 2.37 bits per heavy atom. The molecule has 0 bridgehead atoms. The predicted octanol–water partition coefficient (Wildman–Crippen LogP) is -1.07. The van der Waals surface area contributed by atoms with E-state index in [9.17, 15) is 9.59 Å². The van der Waals surface area contributed by atoms with Crippen LogP contribution in [0.2, 0.25) is 0 Å². The normalized spacial score (nSPS) is 19.1. The molecule has 1 rings (SSSR count). The van der Waals surface area contributed by atoms with E-state index in [1.165, 1.54) is 0 Å². The Morgan fingerprint density at radius 1 is 1.21 bits per heavy atom. The number of hydrogen-bond acceptors (Lipinski definition) is 5. The number of rotatable bonds is 6. The van der Waals surface area contributed by atoms with Gasteiger partial charge in [-0.05, 0) is 32.9 Å². The van der Waals surface area contributed by atoms with Gasteiger partial charge in [0.25, 0.3) is 0 Å². The summed E-state index contributed by atoms with van der Waals surface area (Å²) in [6.45, 7) is 7.14. The van der Waals surface area contributed by atoms with E-state index in [2.05, 4.69) is 15.1 Å². The van der Waals surface area contributed by atoms with Crippen LogP contribution in [0.4, 0.5) is 4.79 Å². The van der Waals surface area contributed by atoms with Crippen LogP contribution >= 0.6 is 0 Å². The second kappa shape index (κ2) is 8.08. The molecule has 0 aromatic rings. The molecular weight excluding hydrogens is 246 g/mol. The molecule has 3 amide bonds. The molecule has 110 valence electrons. The minimum Gasteiger partial charge on any atom is -0.351 e. The molecule has 1 fully saturated rings. The van der Waals surface area contributed by atoms with E-state index in [0.29, 0.717) is 0 Å². The third kappa shape index (κ3) is 5.54. The van der Waals surface area contributed by atoms with Crippen LogP contribution in [0.3, 0.4) is 0 Å². The lowest BCUT2D eigenvalue weighted by molar-refractivity contribution is -0.125. The molecule has 7 heteroatoms. The summed E-state index contributed by atoms with van der Waals surface area (Å²) < 4.78 is 0. The molecule has 0 spiro atoms. The summed E-state index contributed by atoms with van der Waals surface area (Å²) in [6.07, 6.45) is 2.17.